The molecule has 80 valence electrons. The molecule has 0 rings (SSSR count). The van der Waals surface area contributed by atoms with Crippen LogP contribution in [0.5, 0.6) is 0 Å². The topological polar surface area (TPSA) is 35.5 Å². The smallest absolute Gasteiger partial charge is 0.330 e. The van der Waals surface area contributed by atoms with Crippen LogP contribution in [0.25, 0.3) is 0 Å². The van der Waals surface area contributed by atoms with Crippen molar-refractivity contribution in [3.8, 4) is 0 Å². The Morgan fingerprint density at radius 2 is 2.29 bits per heavy atom. The number of methoxy groups -OCH3 is 1. The van der Waals surface area contributed by atoms with Crippen molar-refractivity contribution < 1.29 is 14.3 Å². The monoisotopic (exact) mass is 198 g/mol. The number of allylic oxidation sites excluding steroid dienone is 1. The second kappa shape index (κ2) is 8.51. The van der Waals surface area contributed by atoms with E-state index in [-0.39, 0.29) is 5.97 Å². The van der Waals surface area contributed by atoms with Crippen molar-refractivity contribution in [3.05, 3.63) is 24.8 Å². The third-order valence-electron chi connectivity index (χ3n) is 1.72. The molecule has 3 nitrogen and oxygen atoms in total. The van der Waals surface area contributed by atoms with Gasteiger partial charge in [0.05, 0.1) is 13.7 Å². The summed E-state index contributed by atoms with van der Waals surface area (Å²) in [6.45, 7) is 6.83. The lowest BCUT2D eigenvalue weighted by atomic mass is 10.1. The molecule has 0 radical (unpaired) electrons. The number of ether oxygens (including phenoxy) is 2. The fourth-order valence-electron chi connectivity index (χ4n) is 0.843. The molecule has 3 heteroatoms. The molecule has 0 aliphatic rings. The first kappa shape index (κ1) is 12.9. The second-order valence-electron chi connectivity index (χ2n) is 3.01. The van der Waals surface area contributed by atoms with E-state index in [4.69, 9.17) is 4.74 Å². The normalized spacial score (nSPS) is 12.7. The highest BCUT2D eigenvalue weighted by molar-refractivity contribution is 5.81. The van der Waals surface area contributed by atoms with E-state index in [1.807, 2.05) is 13.0 Å². The predicted octanol–water partition coefficient (Wildman–Crippen LogP) is 1.94. The zero-order chi connectivity index (χ0) is 10.8. The average Bonchev–Trinajstić information content (AvgIpc) is 2.21. The van der Waals surface area contributed by atoms with Gasteiger partial charge in [-0.05, 0) is 12.3 Å². The number of rotatable bonds is 7. The van der Waals surface area contributed by atoms with Crippen molar-refractivity contribution >= 4 is 5.97 Å². The summed E-state index contributed by atoms with van der Waals surface area (Å²) in [5.41, 5.74) is 0. The predicted molar refractivity (Wildman–Crippen MR) is 56.0 cm³/mol. The largest absolute Gasteiger partial charge is 0.466 e. The maximum Gasteiger partial charge on any atom is 0.330 e. The number of carbonyl (C=O) groups excluding carboxylic acids is 1. The quantitative estimate of drug-likeness (QED) is 0.271. The van der Waals surface area contributed by atoms with Crippen LogP contribution in [0.15, 0.2) is 24.8 Å². The van der Waals surface area contributed by atoms with E-state index in [0.29, 0.717) is 19.1 Å². The van der Waals surface area contributed by atoms with Crippen LogP contribution < -0.4 is 0 Å². The number of carbonyl (C=O) groups is 1. The molecule has 0 aromatic heterocycles. The van der Waals surface area contributed by atoms with E-state index in [0.717, 1.165) is 6.42 Å². The van der Waals surface area contributed by atoms with Crippen LogP contribution in [0, 0.1) is 5.92 Å². The molecule has 0 unspecified atom stereocenters. The van der Waals surface area contributed by atoms with Gasteiger partial charge in [-0.3, -0.25) is 0 Å². The van der Waals surface area contributed by atoms with Crippen LogP contribution in [-0.2, 0) is 14.3 Å². The molecule has 14 heavy (non-hydrogen) atoms. The molecule has 0 aromatic rings. The lowest BCUT2D eigenvalue weighted by molar-refractivity contribution is -0.134. The van der Waals surface area contributed by atoms with E-state index < -0.39 is 0 Å². The zero-order valence-electron chi connectivity index (χ0n) is 8.86. The maximum atomic E-state index is 10.7. The van der Waals surface area contributed by atoms with Crippen LogP contribution in [-0.4, -0.2) is 26.3 Å². The van der Waals surface area contributed by atoms with Gasteiger partial charge in [0.25, 0.3) is 0 Å². The summed E-state index contributed by atoms with van der Waals surface area (Å²) in [6.07, 6.45) is 5.87. The highest BCUT2D eigenvalue weighted by atomic mass is 16.5. The summed E-state index contributed by atoms with van der Waals surface area (Å²) < 4.78 is 9.69. The fraction of sp³-hybridized carbons (Fsp3) is 0.545. The second-order valence-corrected chi connectivity index (χ2v) is 3.01. The molecule has 0 saturated heterocycles. The van der Waals surface area contributed by atoms with Crippen molar-refractivity contribution in [1.29, 1.82) is 0 Å². The van der Waals surface area contributed by atoms with Gasteiger partial charge in [-0.2, -0.15) is 0 Å². The summed E-state index contributed by atoms with van der Waals surface area (Å²) in [6, 6.07) is 0. The van der Waals surface area contributed by atoms with Crippen molar-refractivity contribution in [2.45, 2.75) is 13.3 Å². The van der Waals surface area contributed by atoms with Crippen LogP contribution in [0.3, 0.4) is 0 Å². The molecule has 0 aliphatic heterocycles. The summed E-state index contributed by atoms with van der Waals surface area (Å²) in [5.74, 6) is 0.00257. The average molecular weight is 198 g/mol. The van der Waals surface area contributed by atoms with Crippen molar-refractivity contribution in [2.24, 2.45) is 5.92 Å². The Morgan fingerprint density at radius 1 is 1.57 bits per heavy atom. The molecule has 0 heterocycles. The first-order valence-corrected chi connectivity index (χ1v) is 4.65. The number of esters is 1. The summed E-state index contributed by atoms with van der Waals surface area (Å²) >= 11 is 0. The highest BCUT2D eigenvalue weighted by Gasteiger charge is 1.98. The third-order valence-corrected chi connectivity index (χ3v) is 1.72. The standard InChI is InChI=1S/C11H18O3/c1-4-8-14-9-7-10(2)5-6-11(12)13-3/h4-6,10H,1,7-9H2,2-3H3/t10-/m1/s1. The van der Waals surface area contributed by atoms with E-state index in [1.54, 1.807) is 6.08 Å². The third kappa shape index (κ3) is 7.55. The molecule has 0 saturated carbocycles. The Morgan fingerprint density at radius 3 is 2.86 bits per heavy atom. The van der Waals surface area contributed by atoms with E-state index in [9.17, 15) is 4.79 Å². The maximum absolute atomic E-state index is 10.7. The molecule has 0 spiro atoms. The van der Waals surface area contributed by atoms with Crippen molar-refractivity contribution in [1.82, 2.24) is 0 Å². The van der Waals surface area contributed by atoms with Gasteiger partial charge in [-0.1, -0.05) is 19.1 Å². The Balaban J connectivity index is 3.53. The van der Waals surface area contributed by atoms with Gasteiger partial charge in [0.1, 0.15) is 0 Å². The van der Waals surface area contributed by atoms with E-state index >= 15 is 0 Å². The van der Waals surface area contributed by atoms with Crippen molar-refractivity contribution in [2.75, 3.05) is 20.3 Å². The molecule has 0 fully saturated rings. The lowest BCUT2D eigenvalue weighted by Crippen LogP contribution is -2.01. The molecular weight excluding hydrogens is 180 g/mol. The highest BCUT2D eigenvalue weighted by Crippen LogP contribution is 2.03. The summed E-state index contributed by atoms with van der Waals surface area (Å²) in [5, 5.41) is 0. The van der Waals surface area contributed by atoms with Crippen LogP contribution >= 0.6 is 0 Å². The zero-order valence-corrected chi connectivity index (χ0v) is 8.86. The minimum atomic E-state index is -0.316. The minimum Gasteiger partial charge on any atom is -0.466 e. The molecule has 0 amide bonds. The minimum absolute atomic E-state index is 0.316. The van der Waals surface area contributed by atoms with E-state index in [2.05, 4.69) is 11.3 Å². The van der Waals surface area contributed by atoms with Crippen LogP contribution in [0.2, 0.25) is 0 Å². The fourth-order valence-corrected chi connectivity index (χ4v) is 0.843. The van der Waals surface area contributed by atoms with Crippen LogP contribution in [0.1, 0.15) is 13.3 Å². The lowest BCUT2D eigenvalue weighted by Gasteiger charge is -2.05. The molecule has 0 bridgehead atoms. The number of hydrogen-bond acceptors (Lipinski definition) is 3. The molecule has 1 atom stereocenters. The van der Waals surface area contributed by atoms with Gasteiger partial charge in [0, 0.05) is 12.7 Å². The molecule has 0 aliphatic carbocycles. The Labute approximate surface area is 85.4 Å². The Hall–Kier alpha value is -1.09. The van der Waals surface area contributed by atoms with Crippen LogP contribution in [0.4, 0.5) is 0 Å². The van der Waals surface area contributed by atoms with Crippen molar-refractivity contribution in [3.63, 3.8) is 0 Å². The summed E-state index contributed by atoms with van der Waals surface area (Å²) in [7, 11) is 1.37. The number of hydrogen-bond donors (Lipinski definition) is 0. The molecule has 0 N–H and O–H groups in total. The SMILES string of the molecule is C=CCOCC[C@H](C)C=CC(=O)OC. The molecule has 0 aromatic carbocycles. The first-order chi connectivity index (χ1) is 6.70. The molecular formula is C11H18O3. The summed E-state index contributed by atoms with van der Waals surface area (Å²) in [4.78, 5) is 10.7. The Kier molecular flexibility index (Phi) is 7.84. The van der Waals surface area contributed by atoms with Gasteiger partial charge >= 0.3 is 5.97 Å². The van der Waals surface area contributed by atoms with Gasteiger partial charge in [-0.25, -0.2) is 4.79 Å². The van der Waals surface area contributed by atoms with Gasteiger partial charge in [0.15, 0.2) is 0 Å². The Bertz CT molecular complexity index is 197. The van der Waals surface area contributed by atoms with Gasteiger partial charge in [0.2, 0.25) is 0 Å². The van der Waals surface area contributed by atoms with E-state index in [1.165, 1.54) is 13.2 Å². The van der Waals surface area contributed by atoms with Gasteiger partial charge in [-0.15, -0.1) is 6.58 Å². The first-order valence-electron chi connectivity index (χ1n) is 4.65. The van der Waals surface area contributed by atoms with Gasteiger partial charge < -0.3 is 9.47 Å².